The van der Waals surface area contributed by atoms with Crippen molar-refractivity contribution in [2.24, 2.45) is 0 Å². The number of aromatic hydroxyl groups is 1. The summed E-state index contributed by atoms with van der Waals surface area (Å²) in [6, 6.07) is 5.15. The smallest absolute Gasteiger partial charge is 0.211 e. The van der Waals surface area contributed by atoms with Crippen LogP contribution >= 0.6 is 23.0 Å². The number of hydrogen-bond acceptors (Lipinski definition) is 7. The molecule has 0 bridgehead atoms. The average Bonchev–Trinajstić information content (AvgIpc) is 3.19. The number of fused-ring (bicyclic) bond motifs is 1. The molecular weight excluding hydrogens is 580 g/mol. The number of morpholine rings is 1. The molecule has 2 aliphatic heterocycles. The lowest BCUT2D eigenvalue weighted by Gasteiger charge is -2.30. The van der Waals surface area contributed by atoms with E-state index >= 15 is 4.39 Å². The second-order valence-electron chi connectivity index (χ2n) is 8.90. The molecule has 0 spiro atoms. The Bertz CT molecular complexity index is 1150. The van der Waals surface area contributed by atoms with Gasteiger partial charge in [-0.15, -0.1) is 0 Å². The summed E-state index contributed by atoms with van der Waals surface area (Å²) in [4.78, 5) is 17.0. The first-order chi connectivity index (χ1) is 17.4. The molecule has 1 fully saturated rings. The van der Waals surface area contributed by atoms with Crippen LogP contribution < -0.4 is 12.7 Å². The highest BCUT2D eigenvalue weighted by molar-refractivity contribution is 14.1. The van der Waals surface area contributed by atoms with E-state index in [1.54, 1.807) is 53.0 Å². The number of hydrogen-bond donors (Lipinski definition) is 2. The molecule has 0 atom stereocenters. The Morgan fingerprint density at radius 3 is 2.67 bits per heavy atom. The SMILES string of the molecule is CCCCc1cc(C(=O)CN2Cc3cc(OCC)c(OI)c(F)c3C2=N)cc(N2CCOCC2)c1O. The molecule has 2 heterocycles. The van der Waals surface area contributed by atoms with Crippen molar-refractivity contribution in [3.63, 3.8) is 0 Å². The second kappa shape index (κ2) is 11.6. The van der Waals surface area contributed by atoms with E-state index in [0.717, 1.165) is 18.4 Å². The number of ketones is 1. The van der Waals surface area contributed by atoms with E-state index in [2.05, 4.69) is 6.92 Å². The molecule has 4 rings (SSSR count). The van der Waals surface area contributed by atoms with Crippen LogP contribution in [0.25, 0.3) is 0 Å². The highest BCUT2D eigenvalue weighted by Crippen LogP contribution is 2.40. The maximum Gasteiger partial charge on any atom is 0.211 e. The largest absolute Gasteiger partial charge is 0.505 e. The van der Waals surface area contributed by atoms with E-state index in [9.17, 15) is 9.90 Å². The lowest BCUT2D eigenvalue weighted by atomic mass is 9.99. The topological polar surface area (TPSA) is 95.3 Å². The van der Waals surface area contributed by atoms with Crippen molar-refractivity contribution in [3.8, 4) is 17.2 Å². The van der Waals surface area contributed by atoms with Crippen molar-refractivity contribution in [1.29, 1.82) is 5.41 Å². The van der Waals surface area contributed by atoms with Gasteiger partial charge in [0.1, 0.15) is 11.6 Å². The first-order valence-electron chi connectivity index (χ1n) is 12.2. The summed E-state index contributed by atoms with van der Waals surface area (Å²) >= 11 is 1.60. The number of carbonyl (C=O) groups excluding carboxylic acids is 1. The summed E-state index contributed by atoms with van der Waals surface area (Å²) in [7, 11) is 0. The van der Waals surface area contributed by atoms with Crippen molar-refractivity contribution in [2.75, 3.05) is 44.4 Å². The van der Waals surface area contributed by atoms with E-state index in [4.69, 9.17) is 17.9 Å². The molecule has 1 saturated heterocycles. The molecule has 0 unspecified atom stereocenters. The van der Waals surface area contributed by atoms with Crippen molar-refractivity contribution in [2.45, 2.75) is 39.7 Å². The zero-order valence-electron chi connectivity index (χ0n) is 20.5. The van der Waals surface area contributed by atoms with E-state index in [1.807, 2.05) is 4.90 Å². The zero-order valence-corrected chi connectivity index (χ0v) is 22.7. The maximum atomic E-state index is 15.2. The predicted octanol–water partition coefficient (Wildman–Crippen LogP) is 4.86. The number of anilines is 1. The third-order valence-corrected chi connectivity index (χ3v) is 6.98. The number of unbranched alkanes of at least 4 members (excludes halogenated alkanes) is 1. The molecule has 0 amide bonds. The number of Topliss-reactive ketones (excluding diaryl/α,β-unsaturated/α-hetero) is 1. The van der Waals surface area contributed by atoms with Gasteiger partial charge in [-0.1, -0.05) is 13.3 Å². The van der Waals surface area contributed by atoms with Gasteiger partial charge in [0.25, 0.3) is 0 Å². The molecule has 0 aliphatic carbocycles. The lowest BCUT2D eigenvalue weighted by Crippen LogP contribution is -2.36. The predicted molar refractivity (Wildman–Crippen MR) is 144 cm³/mol. The second-order valence-corrected chi connectivity index (χ2v) is 9.34. The molecule has 194 valence electrons. The highest BCUT2D eigenvalue weighted by atomic mass is 127. The Balaban J connectivity index is 1.61. The number of carbonyl (C=O) groups is 1. The number of phenols is 1. The molecule has 0 radical (unpaired) electrons. The minimum Gasteiger partial charge on any atom is -0.505 e. The van der Waals surface area contributed by atoms with Gasteiger partial charge in [0.05, 0.1) is 37.6 Å². The van der Waals surface area contributed by atoms with Gasteiger partial charge in [0.15, 0.2) is 40.4 Å². The molecule has 0 saturated carbocycles. The average molecular weight is 611 g/mol. The van der Waals surface area contributed by atoms with Crippen LogP contribution in [0.15, 0.2) is 18.2 Å². The van der Waals surface area contributed by atoms with Gasteiger partial charge < -0.3 is 27.4 Å². The maximum absolute atomic E-state index is 15.2. The van der Waals surface area contributed by atoms with E-state index < -0.39 is 5.82 Å². The van der Waals surface area contributed by atoms with Crippen LogP contribution in [0.2, 0.25) is 0 Å². The number of nitrogens with zero attached hydrogens (tertiary/aromatic N) is 2. The van der Waals surface area contributed by atoms with E-state index in [1.165, 1.54) is 0 Å². The number of nitrogens with one attached hydrogen (secondary N) is 1. The monoisotopic (exact) mass is 611 g/mol. The Hall–Kier alpha value is -2.60. The third-order valence-electron chi connectivity index (χ3n) is 6.54. The first-order valence-corrected chi connectivity index (χ1v) is 13.1. The van der Waals surface area contributed by atoms with Gasteiger partial charge in [0.2, 0.25) is 5.75 Å². The van der Waals surface area contributed by atoms with Gasteiger partial charge in [-0.05, 0) is 49.1 Å². The van der Waals surface area contributed by atoms with Gasteiger partial charge in [-0.3, -0.25) is 10.2 Å². The van der Waals surface area contributed by atoms with Crippen LogP contribution in [-0.4, -0.2) is 61.1 Å². The molecule has 8 nitrogen and oxygen atoms in total. The zero-order chi connectivity index (χ0) is 25.8. The third kappa shape index (κ3) is 5.24. The number of halogens is 2. The van der Waals surface area contributed by atoms with E-state index in [0.29, 0.717) is 56.1 Å². The molecule has 2 aromatic carbocycles. The molecule has 2 aliphatic rings. The Morgan fingerprint density at radius 1 is 1.25 bits per heavy atom. The fraction of sp³-hybridized carbons (Fsp3) is 0.462. The van der Waals surface area contributed by atoms with Gasteiger partial charge in [-0.2, -0.15) is 0 Å². The van der Waals surface area contributed by atoms with Gasteiger partial charge >= 0.3 is 0 Å². The van der Waals surface area contributed by atoms with Gasteiger partial charge in [-0.25, -0.2) is 4.39 Å². The first kappa shape index (κ1) is 26.5. The van der Waals surface area contributed by atoms with Crippen LogP contribution in [0, 0.1) is 11.2 Å². The number of aryl methyl sites for hydroxylation is 1. The molecule has 10 heteroatoms. The minimum absolute atomic E-state index is 0.0524. The molecule has 2 aromatic rings. The van der Waals surface area contributed by atoms with Crippen LogP contribution in [0.4, 0.5) is 10.1 Å². The molecule has 0 aromatic heterocycles. The summed E-state index contributed by atoms with van der Waals surface area (Å²) in [5.41, 5.74) is 2.54. The fourth-order valence-electron chi connectivity index (χ4n) is 4.66. The van der Waals surface area contributed by atoms with Gasteiger partial charge in [0, 0.05) is 25.2 Å². The Morgan fingerprint density at radius 2 is 2.00 bits per heavy atom. The quantitative estimate of drug-likeness (QED) is 0.293. The summed E-state index contributed by atoms with van der Waals surface area (Å²) in [5, 5.41) is 19.5. The fourth-order valence-corrected chi connectivity index (χ4v) is 5.07. The van der Waals surface area contributed by atoms with Crippen molar-refractivity contribution in [3.05, 3.63) is 46.3 Å². The van der Waals surface area contributed by atoms with Crippen molar-refractivity contribution < 1.29 is 26.8 Å². The standard InChI is InChI=1S/C26H31FIN3O5/c1-3-5-6-16-11-17(12-19(24(16)33)30-7-9-34-10-8-30)20(32)15-31-14-18-13-21(35-4-2)25(36-28)23(27)22(18)26(31)29/h11-13,29,33H,3-10,14-15H2,1-2H3. The number of benzene rings is 2. The minimum atomic E-state index is -0.661. The summed E-state index contributed by atoms with van der Waals surface area (Å²) in [5.74, 6) is -0.490. The normalized spacial score (nSPS) is 15.3. The summed E-state index contributed by atoms with van der Waals surface area (Å²) < 4.78 is 31.3. The highest BCUT2D eigenvalue weighted by Gasteiger charge is 2.33. The lowest BCUT2D eigenvalue weighted by molar-refractivity contribution is 0.0962. The summed E-state index contributed by atoms with van der Waals surface area (Å²) in [6.45, 7) is 6.74. The Labute approximate surface area is 224 Å². The summed E-state index contributed by atoms with van der Waals surface area (Å²) in [6.07, 6.45) is 2.52. The Kier molecular flexibility index (Phi) is 8.55. The van der Waals surface area contributed by atoms with Crippen LogP contribution in [-0.2, 0) is 17.7 Å². The number of ether oxygens (including phenoxy) is 2. The molecule has 2 N–H and O–H groups in total. The molecular formula is C26H31FIN3O5. The van der Waals surface area contributed by atoms with Crippen LogP contribution in [0.1, 0.15) is 53.7 Å². The van der Waals surface area contributed by atoms with Crippen LogP contribution in [0.3, 0.4) is 0 Å². The van der Waals surface area contributed by atoms with Crippen molar-refractivity contribution in [1.82, 2.24) is 4.90 Å². The number of phenolic OH excluding ortho intramolecular Hbond substituents is 1. The van der Waals surface area contributed by atoms with Crippen LogP contribution in [0.5, 0.6) is 17.2 Å². The van der Waals surface area contributed by atoms with E-state index in [-0.39, 0.29) is 47.5 Å². The van der Waals surface area contributed by atoms with Crippen molar-refractivity contribution >= 4 is 40.3 Å². The number of amidine groups is 1. The molecule has 36 heavy (non-hydrogen) atoms. The number of rotatable bonds is 10.